The van der Waals surface area contributed by atoms with E-state index in [2.05, 4.69) is 40.7 Å². The van der Waals surface area contributed by atoms with E-state index >= 15 is 0 Å². The summed E-state index contributed by atoms with van der Waals surface area (Å²) in [6, 6.07) is 16.1. The van der Waals surface area contributed by atoms with E-state index in [0.29, 0.717) is 19.7 Å². The molecule has 0 radical (unpaired) electrons. The largest absolute Gasteiger partial charge is 0.489 e. The van der Waals surface area contributed by atoms with E-state index in [4.69, 9.17) is 14.2 Å². The van der Waals surface area contributed by atoms with Gasteiger partial charge in [0.1, 0.15) is 23.7 Å². The van der Waals surface area contributed by atoms with Gasteiger partial charge in [0.2, 0.25) is 0 Å². The van der Waals surface area contributed by atoms with Gasteiger partial charge in [-0.3, -0.25) is 4.99 Å². The maximum atomic E-state index is 6.17. The molecular formula is C23H32IN3O3. The molecule has 0 spiro atoms. The molecular weight excluding hydrogens is 493 g/mol. The minimum atomic E-state index is 0. The molecule has 0 saturated carbocycles. The molecule has 2 aromatic rings. The van der Waals surface area contributed by atoms with Crippen LogP contribution in [0.2, 0.25) is 0 Å². The summed E-state index contributed by atoms with van der Waals surface area (Å²) in [6.45, 7) is 6.79. The van der Waals surface area contributed by atoms with Crippen molar-refractivity contribution in [1.29, 1.82) is 0 Å². The first-order chi connectivity index (χ1) is 14.1. The lowest BCUT2D eigenvalue weighted by atomic mass is 10.1. The lowest BCUT2D eigenvalue weighted by Crippen LogP contribution is -2.41. The Morgan fingerprint density at radius 2 is 2.00 bits per heavy atom. The SMILES string of the molecule is CN=C(NCc1ccc(C)cc1OC1CCOC1)NCC(C)Oc1ccccc1.I. The summed E-state index contributed by atoms with van der Waals surface area (Å²) in [7, 11) is 1.76. The lowest BCUT2D eigenvalue weighted by Gasteiger charge is -2.19. The molecule has 0 amide bonds. The predicted octanol–water partition coefficient (Wildman–Crippen LogP) is 3.91. The van der Waals surface area contributed by atoms with Gasteiger partial charge in [-0.2, -0.15) is 0 Å². The molecule has 6 nitrogen and oxygen atoms in total. The molecule has 1 fully saturated rings. The second-order valence-corrected chi connectivity index (χ2v) is 7.26. The van der Waals surface area contributed by atoms with Gasteiger partial charge < -0.3 is 24.8 Å². The van der Waals surface area contributed by atoms with Crippen LogP contribution in [0, 0.1) is 6.92 Å². The standard InChI is InChI=1S/C23H31N3O3.HI/c1-17-9-10-19(22(13-17)29-21-11-12-27-16-21)15-26-23(24-3)25-14-18(2)28-20-7-5-4-6-8-20;/h4-10,13,18,21H,11-12,14-16H2,1-3H3,(H2,24,25,26);1H. The van der Waals surface area contributed by atoms with E-state index < -0.39 is 0 Å². The molecule has 30 heavy (non-hydrogen) atoms. The number of rotatable bonds is 8. The summed E-state index contributed by atoms with van der Waals surface area (Å²) in [5.41, 5.74) is 2.27. The van der Waals surface area contributed by atoms with Gasteiger partial charge in [0.25, 0.3) is 0 Å². The maximum absolute atomic E-state index is 6.17. The maximum Gasteiger partial charge on any atom is 0.191 e. The first-order valence-corrected chi connectivity index (χ1v) is 10.1. The van der Waals surface area contributed by atoms with Gasteiger partial charge in [-0.15, -0.1) is 24.0 Å². The molecule has 2 N–H and O–H groups in total. The monoisotopic (exact) mass is 525 g/mol. The highest BCUT2D eigenvalue weighted by Crippen LogP contribution is 2.23. The van der Waals surface area contributed by atoms with Crippen LogP contribution >= 0.6 is 24.0 Å². The van der Waals surface area contributed by atoms with Crippen molar-refractivity contribution in [2.24, 2.45) is 4.99 Å². The first-order valence-electron chi connectivity index (χ1n) is 10.1. The number of benzene rings is 2. The Morgan fingerprint density at radius 1 is 1.20 bits per heavy atom. The van der Waals surface area contributed by atoms with Gasteiger partial charge in [0, 0.05) is 25.6 Å². The number of hydrogen-bond donors (Lipinski definition) is 2. The van der Waals surface area contributed by atoms with Crippen molar-refractivity contribution < 1.29 is 14.2 Å². The topological polar surface area (TPSA) is 64.1 Å². The number of halogens is 1. The number of aryl methyl sites for hydroxylation is 1. The fourth-order valence-electron chi connectivity index (χ4n) is 3.12. The van der Waals surface area contributed by atoms with E-state index in [-0.39, 0.29) is 36.2 Å². The summed E-state index contributed by atoms with van der Waals surface area (Å²) in [5, 5.41) is 6.68. The molecule has 2 unspecified atom stereocenters. The Morgan fingerprint density at radius 3 is 2.70 bits per heavy atom. The summed E-state index contributed by atoms with van der Waals surface area (Å²) < 4.78 is 17.5. The van der Waals surface area contributed by atoms with Gasteiger partial charge in [-0.05, 0) is 37.6 Å². The molecule has 1 aliphatic rings. The van der Waals surface area contributed by atoms with Crippen LogP contribution in [0.5, 0.6) is 11.5 Å². The average molecular weight is 525 g/mol. The van der Waals surface area contributed by atoms with Crippen molar-refractivity contribution in [2.75, 3.05) is 26.8 Å². The van der Waals surface area contributed by atoms with Crippen molar-refractivity contribution in [3.05, 3.63) is 59.7 Å². The summed E-state index contributed by atoms with van der Waals surface area (Å²) >= 11 is 0. The molecule has 1 aliphatic heterocycles. The highest BCUT2D eigenvalue weighted by Gasteiger charge is 2.18. The zero-order valence-corrected chi connectivity index (χ0v) is 20.2. The van der Waals surface area contributed by atoms with Gasteiger partial charge in [-0.25, -0.2) is 0 Å². The van der Waals surface area contributed by atoms with Crippen LogP contribution in [0.25, 0.3) is 0 Å². The Bertz CT molecular complexity index is 796. The van der Waals surface area contributed by atoms with E-state index in [1.165, 1.54) is 5.56 Å². The van der Waals surface area contributed by atoms with Crippen LogP contribution in [0.1, 0.15) is 24.5 Å². The van der Waals surface area contributed by atoms with Gasteiger partial charge in [-0.1, -0.05) is 30.3 Å². The summed E-state index contributed by atoms with van der Waals surface area (Å²) in [6.07, 6.45) is 1.07. The highest BCUT2D eigenvalue weighted by molar-refractivity contribution is 14.0. The minimum Gasteiger partial charge on any atom is -0.489 e. The smallest absolute Gasteiger partial charge is 0.191 e. The number of ether oxygens (including phenoxy) is 3. The van der Waals surface area contributed by atoms with Crippen LogP contribution in [0.15, 0.2) is 53.5 Å². The van der Waals surface area contributed by atoms with Crippen LogP contribution in [-0.4, -0.2) is 45.0 Å². The van der Waals surface area contributed by atoms with E-state index in [1.54, 1.807) is 7.05 Å². The molecule has 2 aromatic carbocycles. The summed E-state index contributed by atoms with van der Waals surface area (Å²) in [5.74, 6) is 2.50. The van der Waals surface area contributed by atoms with E-state index in [1.807, 2.05) is 37.3 Å². The van der Waals surface area contributed by atoms with Crippen molar-refractivity contribution in [1.82, 2.24) is 10.6 Å². The van der Waals surface area contributed by atoms with E-state index in [9.17, 15) is 0 Å². The Balaban J connectivity index is 0.00000320. The van der Waals surface area contributed by atoms with Crippen molar-refractivity contribution >= 4 is 29.9 Å². The fraction of sp³-hybridized carbons (Fsp3) is 0.435. The average Bonchev–Trinajstić information content (AvgIpc) is 3.23. The Hall–Kier alpha value is -2.00. The fourth-order valence-corrected chi connectivity index (χ4v) is 3.12. The quantitative estimate of drug-likeness (QED) is 0.311. The van der Waals surface area contributed by atoms with Crippen molar-refractivity contribution in [2.45, 2.75) is 39.0 Å². The second kappa shape index (κ2) is 12.6. The molecule has 1 saturated heterocycles. The van der Waals surface area contributed by atoms with Crippen molar-refractivity contribution in [3.8, 4) is 11.5 Å². The molecule has 0 bridgehead atoms. The normalized spacial score (nSPS) is 17.0. The molecule has 0 aromatic heterocycles. The van der Waals surface area contributed by atoms with Gasteiger partial charge >= 0.3 is 0 Å². The third kappa shape index (κ3) is 7.68. The molecule has 0 aliphatic carbocycles. The molecule has 2 atom stereocenters. The lowest BCUT2D eigenvalue weighted by molar-refractivity contribution is 0.140. The van der Waals surface area contributed by atoms with Crippen molar-refractivity contribution in [3.63, 3.8) is 0 Å². The van der Waals surface area contributed by atoms with Gasteiger partial charge in [0.15, 0.2) is 5.96 Å². The number of para-hydroxylation sites is 1. The number of hydrogen-bond acceptors (Lipinski definition) is 4. The Kier molecular flexibility index (Phi) is 10.2. The number of nitrogens with one attached hydrogen (secondary N) is 2. The summed E-state index contributed by atoms with van der Waals surface area (Å²) in [4.78, 5) is 4.31. The zero-order chi connectivity index (χ0) is 20.5. The van der Waals surface area contributed by atoms with Crippen LogP contribution in [0.4, 0.5) is 0 Å². The minimum absolute atomic E-state index is 0. The predicted molar refractivity (Wildman–Crippen MR) is 131 cm³/mol. The van der Waals surface area contributed by atoms with Crippen LogP contribution in [0.3, 0.4) is 0 Å². The number of aliphatic imine (C=N–C) groups is 1. The van der Waals surface area contributed by atoms with Crippen LogP contribution in [-0.2, 0) is 11.3 Å². The Labute approximate surface area is 196 Å². The number of guanidine groups is 1. The molecule has 1 heterocycles. The third-order valence-electron chi connectivity index (χ3n) is 4.71. The number of nitrogens with zero attached hydrogens (tertiary/aromatic N) is 1. The third-order valence-corrected chi connectivity index (χ3v) is 4.71. The first kappa shape index (κ1) is 24.3. The van der Waals surface area contributed by atoms with Crippen LogP contribution < -0.4 is 20.1 Å². The van der Waals surface area contributed by atoms with Gasteiger partial charge in [0.05, 0.1) is 19.8 Å². The highest BCUT2D eigenvalue weighted by atomic mass is 127. The second-order valence-electron chi connectivity index (χ2n) is 7.26. The van der Waals surface area contributed by atoms with E-state index in [0.717, 1.165) is 36.0 Å². The molecule has 164 valence electrons. The molecule has 7 heteroatoms. The zero-order valence-electron chi connectivity index (χ0n) is 17.9. The molecule has 3 rings (SSSR count).